The van der Waals surface area contributed by atoms with Crippen LogP contribution < -0.4 is 10.1 Å². The van der Waals surface area contributed by atoms with Crippen LogP contribution in [0.2, 0.25) is 0 Å². The summed E-state index contributed by atoms with van der Waals surface area (Å²) in [4.78, 5) is 15.2. The van der Waals surface area contributed by atoms with Crippen LogP contribution in [0.3, 0.4) is 0 Å². The number of nitrogens with one attached hydrogen (secondary N) is 2. The van der Waals surface area contributed by atoms with E-state index in [1.807, 2.05) is 26.1 Å². The Morgan fingerprint density at radius 2 is 2.45 bits per heavy atom. The van der Waals surface area contributed by atoms with Crippen molar-refractivity contribution in [2.45, 2.75) is 32.5 Å². The van der Waals surface area contributed by atoms with Crippen LogP contribution in [0.4, 0.5) is 0 Å². The van der Waals surface area contributed by atoms with Gasteiger partial charge in [-0.3, -0.25) is 9.48 Å². The van der Waals surface area contributed by atoms with Crippen molar-refractivity contribution in [2.24, 2.45) is 0 Å². The highest BCUT2D eigenvalue weighted by atomic mass is 16.5. The lowest BCUT2D eigenvalue weighted by Gasteiger charge is -2.19. The molecule has 2 aromatic rings. The standard InChI is InChI=1S/C15H20N4O3/c1-3-19-7-11(6-17-19)22-13-9-21-8-12(13)18-15(20)14-10(2)4-5-16-14/h4-7,12-13,16H,3,8-9H2,1-2H3,(H,18,20)/t12-,13+/m0/s1. The van der Waals surface area contributed by atoms with E-state index in [2.05, 4.69) is 15.4 Å². The first-order valence-electron chi connectivity index (χ1n) is 7.39. The van der Waals surface area contributed by atoms with Crippen molar-refractivity contribution >= 4 is 5.91 Å². The summed E-state index contributed by atoms with van der Waals surface area (Å²) in [5.74, 6) is 0.545. The molecule has 0 unspecified atom stereocenters. The minimum absolute atomic E-state index is 0.143. The fourth-order valence-electron chi connectivity index (χ4n) is 2.47. The Morgan fingerprint density at radius 3 is 3.14 bits per heavy atom. The van der Waals surface area contributed by atoms with E-state index >= 15 is 0 Å². The number of rotatable bonds is 5. The normalized spacial score (nSPS) is 21.0. The molecule has 7 nitrogen and oxygen atoms in total. The Kier molecular flexibility index (Phi) is 4.15. The zero-order valence-electron chi connectivity index (χ0n) is 12.7. The molecule has 0 saturated carbocycles. The van der Waals surface area contributed by atoms with Crippen LogP contribution in [0.5, 0.6) is 5.75 Å². The minimum atomic E-state index is -0.214. The maximum atomic E-state index is 12.3. The van der Waals surface area contributed by atoms with E-state index in [1.54, 1.807) is 17.1 Å². The van der Waals surface area contributed by atoms with E-state index in [0.29, 0.717) is 24.7 Å². The van der Waals surface area contributed by atoms with Gasteiger partial charge in [0, 0.05) is 12.7 Å². The van der Waals surface area contributed by atoms with Crippen LogP contribution in [0.15, 0.2) is 24.7 Å². The van der Waals surface area contributed by atoms with Crippen LogP contribution >= 0.6 is 0 Å². The first-order chi connectivity index (χ1) is 10.7. The molecule has 7 heteroatoms. The predicted octanol–water partition coefficient (Wildman–Crippen LogP) is 1.12. The number of carbonyl (C=O) groups is 1. The van der Waals surface area contributed by atoms with Gasteiger partial charge in [-0.2, -0.15) is 5.10 Å². The van der Waals surface area contributed by atoms with E-state index in [1.165, 1.54) is 0 Å². The van der Waals surface area contributed by atoms with E-state index in [9.17, 15) is 4.79 Å². The summed E-state index contributed by atoms with van der Waals surface area (Å²) in [6, 6.07) is 1.69. The largest absolute Gasteiger partial charge is 0.482 e. The highest BCUT2D eigenvalue weighted by Gasteiger charge is 2.32. The molecular weight excluding hydrogens is 284 g/mol. The zero-order valence-corrected chi connectivity index (χ0v) is 12.7. The lowest BCUT2D eigenvalue weighted by Crippen LogP contribution is -2.45. The minimum Gasteiger partial charge on any atom is -0.482 e. The first kappa shape index (κ1) is 14.6. The molecule has 0 aromatic carbocycles. The van der Waals surface area contributed by atoms with Crippen molar-refractivity contribution in [3.63, 3.8) is 0 Å². The summed E-state index contributed by atoms with van der Waals surface area (Å²) in [6.45, 7) is 5.59. The molecule has 0 spiro atoms. The molecular formula is C15H20N4O3. The molecule has 2 aromatic heterocycles. The van der Waals surface area contributed by atoms with E-state index < -0.39 is 0 Å². The van der Waals surface area contributed by atoms with Crippen molar-refractivity contribution in [3.8, 4) is 5.75 Å². The number of carbonyl (C=O) groups excluding carboxylic acids is 1. The quantitative estimate of drug-likeness (QED) is 0.867. The summed E-state index contributed by atoms with van der Waals surface area (Å²) in [7, 11) is 0. The molecule has 1 fully saturated rings. The number of aromatic nitrogens is 3. The van der Waals surface area contributed by atoms with Gasteiger partial charge in [0.15, 0.2) is 5.75 Å². The van der Waals surface area contributed by atoms with Gasteiger partial charge >= 0.3 is 0 Å². The molecule has 0 bridgehead atoms. The average molecular weight is 304 g/mol. The molecule has 2 N–H and O–H groups in total. The molecule has 118 valence electrons. The molecule has 1 aliphatic heterocycles. The van der Waals surface area contributed by atoms with Gasteiger partial charge in [0.2, 0.25) is 0 Å². The smallest absolute Gasteiger partial charge is 0.268 e. The monoisotopic (exact) mass is 304 g/mol. The van der Waals surface area contributed by atoms with Gasteiger partial charge in [0.05, 0.1) is 31.6 Å². The summed E-state index contributed by atoms with van der Waals surface area (Å²) < 4.78 is 13.1. The van der Waals surface area contributed by atoms with Gasteiger partial charge in [0.1, 0.15) is 11.8 Å². The van der Waals surface area contributed by atoms with Gasteiger partial charge < -0.3 is 19.8 Å². The number of amides is 1. The van der Waals surface area contributed by atoms with Gasteiger partial charge in [-0.15, -0.1) is 0 Å². The summed E-state index contributed by atoms with van der Waals surface area (Å²) in [5.41, 5.74) is 1.49. The first-order valence-corrected chi connectivity index (χ1v) is 7.39. The summed E-state index contributed by atoms with van der Waals surface area (Å²) in [5, 5.41) is 7.14. The molecule has 0 aliphatic carbocycles. The number of ether oxygens (including phenoxy) is 2. The average Bonchev–Trinajstić information content (AvgIpc) is 3.22. The Bertz CT molecular complexity index is 649. The highest BCUT2D eigenvalue weighted by Crippen LogP contribution is 2.17. The maximum absolute atomic E-state index is 12.3. The van der Waals surface area contributed by atoms with Crippen LogP contribution in [0.25, 0.3) is 0 Å². The van der Waals surface area contributed by atoms with Crippen molar-refractivity contribution in [1.82, 2.24) is 20.1 Å². The third-order valence-electron chi connectivity index (χ3n) is 3.75. The molecule has 0 radical (unpaired) electrons. The number of hydrogen-bond donors (Lipinski definition) is 2. The SMILES string of the molecule is CCn1cc(O[C@@H]2COC[C@@H]2NC(=O)c2[nH]ccc2C)cn1. The lowest BCUT2D eigenvalue weighted by atomic mass is 10.2. The van der Waals surface area contributed by atoms with Crippen LogP contribution in [-0.2, 0) is 11.3 Å². The second kappa shape index (κ2) is 6.23. The number of hydrogen-bond acceptors (Lipinski definition) is 4. The fraction of sp³-hybridized carbons (Fsp3) is 0.467. The third kappa shape index (κ3) is 2.99. The molecule has 22 heavy (non-hydrogen) atoms. The van der Waals surface area contributed by atoms with Crippen LogP contribution in [0, 0.1) is 6.92 Å². The number of aryl methyl sites for hydroxylation is 2. The van der Waals surface area contributed by atoms with Gasteiger partial charge in [-0.1, -0.05) is 0 Å². The lowest BCUT2D eigenvalue weighted by molar-refractivity contribution is 0.0899. The van der Waals surface area contributed by atoms with Crippen LogP contribution in [-0.4, -0.2) is 46.0 Å². The topological polar surface area (TPSA) is 81.2 Å². The van der Waals surface area contributed by atoms with Crippen molar-refractivity contribution in [1.29, 1.82) is 0 Å². The number of aromatic amines is 1. The number of H-pyrrole nitrogens is 1. The van der Waals surface area contributed by atoms with Crippen LogP contribution in [0.1, 0.15) is 23.0 Å². The zero-order chi connectivity index (χ0) is 15.5. The Morgan fingerprint density at radius 1 is 1.59 bits per heavy atom. The van der Waals surface area contributed by atoms with Gasteiger partial charge in [0.25, 0.3) is 5.91 Å². The highest BCUT2D eigenvalue weighted by molar-refractivity contribution is 5.94. The second-order valence-corrected chi connectivity index (χ2v) is 5.34. The molecule has 3 rings (SSSR count). The predicted molar refractivity (Wildman–Crippen MR) is 79.9 cm³/mol. The summed E-state index contributed by atoms with van der Waals surface area (Å²) >= 11 is 0. The fourth-order valence-corrected chi connectivity index (χ4v) is 2.47. The molecule has 1 aliphatic rings. The van der Waals surface area contributed by atoms with E-state index in [4.69, 9.17) is 9.47 Å². The second-order valence-electron chi connectivity index (χ2n) is 5.34. The molecule has 3 heterocycles. The van der Waals surface area contributed by atoms with Gasteiger partial charge in [-0.25, -0.2) is 0 Å². The number of nitrogens with zero attached hydrogens (tertiary/aromatic N) is 2. The van der Waals surface area contributed by atoms with E-state index in [0.717, 1.165) is 12.1 Å². The van der Waals surface area contributed by atoms with Crippen molar-refractivity contribution in [3.05, 3.63) is 35.9 Å². The summed E-state index contributed by atoms with van der Waals surface area (Å²) in [6.07, 6.45) is 5.05. The molecule has 1 saturated heterocycles. The maximum Gasteiger partial charge on any atom is 0.268 e. The third-order valence-corrected chi connectivity index (χ3v) is 3.75. The van der Waals surface area contributed by atoms with Crippen molar-refractivity contribution in [2.75, 3.05) is 13.2 Å². The Labute approximate surface area is 128 Å². The van der Waals surface area contributed by atoms with Crippen molar-refractivity contribution < 1.29 is 14.3 Å². The molecule has 1 amide bonds. The Hall–Kier alpha value is -2.28. The molecule has 2 atom stereocenters. The van der Waals surface area contributed by atoms with E-state index in [-0.39, 0.29) is 18.1 Å². The van der Waals surface area contributed by atoms with Gasteiger partial charge in [-0.05, 0) is 25.5 Å². The Balaban J connectivity index is 1.63.